The van der Waals surface area contributed by atoms with Gasteiger partial charge < -0.3 is 14.2 Å². The minimum atomic E-state index is -0.756. The molecule has 0 saturated heterocycles. The van der Waals surface area contributed by atoms with Gasteiger partial charge in [-0.1, -0.05) is 220 Å². The van der Waals surface area contributed by atoms with Crippen LogP contribution in [0.25, 0.3) is 0 Å². The van der Waals surface area contributed by atoms with Crippen molar-refractivity contribution < 1.29 is 28.6 Å². The zero-order chi connectivity index (χ0) is 38.9. The molecular formula is C47H90O6. The maximum absolute atomic E-state index is 12.5. The Balaban J connectivity index is 4.00. The Morgan fingerprint density at radius 3 is 0.925 bits per heavy atom. The van der Waals surface area contributed by atoms with Crippen molar-refractivity contribution in [3.05, 3.63) is 0 Å². The lowest BCUT2D eigenvalue weighted by molar-refractivity contribution is -0.167. The maximum Gasteiger partial charge on any atom is 0.306 e. The number of hydrogen-bond donors (Lipinski definition) is 0. The highest BCUT2D eigenvalue weighted by Crippen LogP contribution is 2.17. The number of esters is 3. The molecule has 314 valence electrons. The van der Waals surface area contributed by atoms with Crippen LogP contribution in [0.4, 0.5) is 0 Å². The first-order valence-corrected chi connectivity index (χ1v) is 23.4. The molecule has 53 heavy (non-hydrogen) atoms. The molecule has 0 aliphatic rings. The number of rotatable bonds is 42. The molecule has 0 heterocycles. The van der Waals surface area contributed by atoms with Crippen molar-refractivity contribution in [2.75, 3.05) is 13.2 Å². The molecule has 0 radical (unpaired) electrons. The molecule has 1 atom stereocenters. The monoisotopic (exact) mass is 751 g/mol. The maximum atomic E-state index is 12.5. The van der Waals surface area contributed by atoms with Crippen LogP contribution < -0.4 is 0 Å². The first-order valence-electron chi connectivity index (χ1n) is 23.4. The highest BCUT2D eigenvalue weighted by atomic mass is 16.6. The molecule has 0 fully saturated rings. The smallest absolute Gasteiger partial charge is 0.306 e. The quantitative estimate of drug-likeness (QED) is 0.0351. The molecule has 0 aliphatic heterocycles. The van der Waals surface area contributed by atoms with Gasteiger partial charge >= 0.3 is 17.9 Å². The predicted molar refractivity (Wildman–Crippen MR) is 224 cm³/mol. The lowest BCUT2D eigenvalue weighted by atomic mass is 10.0. The lowest BCUT2D eigenvalue weighted by Crippen LogP contribution is -2.30. The molecule has 0 aromatic heterocycles. The summed E-state index contributed by atoms with van der Waals surface area (Å²) in [6, 6.07) is 0. The van der Waals surface area contributed by atoms with Crippen molar-refractivity contribution in [2.24, 2.45) is 5.92 Å². The lowest BCUT2D eigenvalue weighted by Gasteiger charge is -2.18. The van der Waals surface area contributed by atoms with Gasteiger partial charge in [-0.3, -0.25) is 14.4 Å². The van der Waals surface area contributed by atoms with E-state index in [4.69, 9.17) is 14.2 Å². The van der Waals surface area contributed by atoms with E-state index in [1.807, 2.05) is 0 Å². The fraction of sp³-hybridized carbons (Fsp3) is 0.936. The second-order valence-electron chi connectivity index (χ2n) is 16.5. The van der Waals surface area contributed by atoms with Crippen molar-refractivity contribution in [1.29, 1.82) is 0 Å². The summed E-state index contributed by atoms with van der Waals surface area (Å²) in [7, 11) is 0. The van der Waals surface area contributed by atoms with E-state index in [1.165, 1.54) is 148 Å². The molecule has 0 spiro atoms. The van der Waals surface area contributed by atoms with Crippen LogP contribution >= 0.6 is 0 Å². The van der Waals surface area contributed by atoms with Crippen LogP contribution in [-0.2, 0) is 28.6 Å². The largest absolute Gasteiger partial charge is 0.462 e. The van der Waals surface area contributed by atoms with Crippen LogP contribution in [0.15, 0.2) is 0 Å². The van der Waals surface area contributed by atoms with Gasteiger partial charge in [0.25, 0.3) is 0 Å². The molecule has 0 bridgehead atoms. The molecule has 0 aromatic rings. The summed E-state index contributed by atoms with van der Waals surface area (Å²) in [4.78, 5) is 37.4. The van der Waals surface area contributed by atoms with E-state index >= 15 is 0 Å². The van der Waals surface area contributed by atoms with Crippen LogP contribution in [0, 0.1) is 5.92 Å². The molecule has 6 heteroatoms. The predicted octanol–water partition coefficient (Wildman–Crippen LogP) is 14.7. The molecule has 0 saturated carbocycles. The van der Waals surface area contributed by atoms with Gasteiger partial charge in [-0.05, 0) is 25.2 Å². The van der Waals surface area contributed by atoms with Gasteiger partial charge in [0.2, 0.25) is 0 Å². The highest BCUT2D eigenvalue weighted by molar-refractivity contribution is 5.71. The number of carbonyl (C=O) groups excluding carboxylic acids is 3. The summed E-state index contributed by atoms with van der Waals surface area (Å²) in [6.07, 6.45) is 41.3. The van der Waals surface area contributed by atoms with E-state index in [-0.39, 0.29) is 31.1 Å². The van der Waals surface area contributed by atoms with Gasteiger partial charge in [0.1, 0.15) is 13.2 Å². The van der Waals surface area contributed by atoms with Crippen LogP contribution in [0.1, 0.15) is 259 Å². The fourth-order valence-electron chi connectivity index (χ4n) is 6.98. The van der Waals surface area contributed by atoms with Gasteiger partial charge in [0, 0.05) is 19.3 Å². The Morgan fingerprint density at radius 1 is 0.358 bits per heavy atom. The van der Waals surface area contributed by atoms with Crippen molar-refractivity contribution >= 4 is 17.9 Å². The molecule has 0 aromatic carbocycles. The standard InChI is InChI=1S/C47H90O6/c1-5-7-9-11-12-23-27-31-34-38-45(48)51-41-44(53-47(50)40-36-29-10-8-6-2)42-52-46(49)39-35-32-28-25-22-20-18-16-14-13-15-17-19-21-24-26-30-33-37-43(3)4/h43-44H,5-42H2,1-4H3/t44-/m1/s1. The zero-order valence-corrected chi connectivity index (χ0v) is 36.0. The summed E-state index contributed by atoms with van der Waals surface area (Å²) in [6.45, 7) is 8.92. The van der Waals surface area contributed by atoms with E-state index < -0.39 is 6.10 Å². The van der Waals surface area contributed by atoms with Crippen LogP contribution in [0.2, 0.25) is 0 Å². The summed E-state index contributed by atoms with van der Waals surface area (Å²) in [5.41, 5.74) is 0. The first kappa shape index (κ1) is 51.4. The molecule has 0 aliphatic carbocycles. The van der Waals surface area contributed by atoms with E-state index in [0.717, 1.165) is 70.1 Å². The number of ether oxygens (including phenoxy) is 3. The van der Waals surface area contributed by atoms with E-state index in [0.29, 0.717) is 19.3 Å². The number of unbranched alkanes of at least 4 members (excludes halogenated alkanes) is 29. The minimum absolute atomic E-state index is 0.0651. The highest BCUT2D eigenvalue weighted by Gasteiger charge is 2.19. The van der Waals surface area contributed by atoms with Gasteiger partial charge in [0.05, 0.1) is 0 Å². The second kappa shape index (κ2) is 41.6. The molecule has 0 amide bonds. The summed E-state index contributed by atoms with van der Waals surface area (Å²) in [5, 5.41) is 0. The van der Waals surface area contributed by atoms with Gasteiger partial charge in [-0.15, -0.1) is 0 Å². The van der Waals surface area contributed by atoms with Gasteiger partial charge in [-0.25, -0.2) is 0 Å². The first-order chi connectivity index (χ1) is 25.9. The van der Waals surface area contributed by atoms with E-state index in [9.17, 15) is 14.4 Å². The molecule has 0 rings (SSSR count). The van der Waals surface area contributed by atoms with Gasteiger partial charge in [0.15, 0.2) is 6.10 Å². The summed E-state index contributed by atoms with van der Waals surface area (Å²) in [5.74, 6) is -0.0116. The summed E-state index contributed by atoms with van der Waals surface area (Å²) < 4.78 is 16.6. The van der Waals surface area contributed by atoms with Crippen LogP contribution in [-0.4, -0.2) is 37.2 Å². The third kappa shape index (κ3) is 41.4. The Labute approximate surface area is 329 Å². The summed E-state index contributed by atoms with van der Waals surface area (Å²) >= 11 is 0. The number of hydrogen-bond acceptors (Lipinski definition) is 6. The second-order valence-corrected chi connectivity index (χ2v) is 16.5. The molecular weight excluding hydrogens is 661 g/mol. The third-order valence-corrected chi connectivity index (χ3v) is 10.5. The zero-order valence-electron chi connectivity index (χ0n) is 36.0. The normalized spacial score (nSPS) is 11.9. The van der Waals surface area contributed by atoms with Crippen LogP contribution in [0.5, 0.6) is 0 Å². The Kier molecular flexibility index (Phi) is 40.3. The van der Waals surface area contributed by atoms with Crippen LogP contribution in [0.3, 0.4) is 0 Å². The SMILES string of the molecule is CCCCCCCCCCCC(=O)OC[C@H](COC(=O)CCCCCCCCCCCCCCCCCCCCC(C)C)OC(=O)CCCCCCC. The average Bonchev–Trinajstić information content (AvgIpc) is 3.14. The number of carbonyl (C=O) groups is 3. The Bertz CT molecular complexity index is 796. The Hall–Kier alpha value is -1.59. The van der Waals surface area contributed by atoms with Crippen molar-refractivity contribution in [1.82, 2.24) is 0 Å². The van der Waals surface area contributed by atoms with Crippen molar-refractivity contribution in [3.8, 4) is 0 Å². The Morgan fingerprint density at radius 2 is 0.623 bits per heavy atom. The molecule has 6 nitrogen and oxygen atoms in total. The molecule has 0 N–H and O–H groups in total. The van der Waals surface area contributed by atoms with Crippen molar-refractivity contribution in [3.63, 3.8) is 0 Å². The average molecular weight is 751 g/mol. The van der Waals surface area contributed by atoms with E-state index in [1.54, 1.807) is 0 Å². The minimum Gasteiger partial charge on any atom is -0.462 e. The van der Waals surface area contributed by atoms with Crippen molar-refractivity contribution in [2.45, 2.75) is 265 Å². The third-order valence-electron chi connectivity index (χ3n) is 10.5. The molecule has 0 unspecified atom stereocenters. The van der Waals surface area contributed by atoms with E-state index in [2.05, 4.69) is 27.7 Å². The topological polar surface area (TPSA) is 78.9 Å². The fourth-order valence-corrected chi connectivity index (χ4v) is 6.98. The van der Waals surface area contributed by atoms with Gasteiger partial charge in [-0.2, -0.15) is 0 Å².